The number of nitrogens with zero attached hydrogens (tertiary/aromatic N) is 5. The van der Waals surface area contributed by atoms with Crippen molar-refractivity contribution in [2.45, 2.75) is 51.8 Å². The van der Waals surface area contributed by atoms with Crippen molar-refractivity contribution in [1.29, 1.82) is 0 Å². The lowest BCUT2D eigenvalue weighted by Gasteiger charge is -2.23. The second-order valence-corrected chi connectivity index (χ2v) is 9.65. The average molecular weight is 495 g/mol. The second-order valence-electron chi connectivity index (χ2n) is 9.65. The second kappa shape index (κ2) is 10.7. The molecule has 1 fully saturated rings. The van der Waals surface area contributed by atoms with Gasteiger partial charge < -0.3 is 25.6 Å². The number of aromatic nitrogens is 4. The minimum absolute atomic E-state index is 0.0687. The van der Waals surface area contributed by atoms with Crippen molar-refractivity contribution in [2.24, 2.45) is 0 Å². The van der Waals surface area contributed by atoms with Crippen LogP contribution in [0.15, 0.2) is 48.9 Å². The fourth-order valence-electron chi connectivity index (χ4n) is 3.81. The molecule has 0 saturated carbocycles. The molecule has 4 rings (SSSR count). The highest BCUT2D eigenvalue weighted by Gasteiger charge is 2.27. The van der Waals surface area contributed by atoms with Gasteiger partial charge in [0.15, 0.2) is 0 Å². The van der Waals surface area contributed by atoms with E-state index in [1.165, 1.54) is 12.1 Å². The van der Waals surface area contributed by atoms with E-state index < -0.39 is 11.7 Å². The van der Waals surface area contributed by atoms with Crippen LogP contribution in [-0.4, -0.2) is 50.8 Å². The summed E-state index contributed by atoms with van der Waals surface area (Å²) in [6, 6.07) is 7.90. The number of hydrogen-bond donors (Lipinski definition) is 3. The first-order valence-electron chi connectivity index (χ1n) is 11.8. The summed E-state index contributed by atoms with van der Waals surface area (Å²) in [5.41, 5.74) is 0.342. The van der Waals surface area contributed by atoms with Crippen molar-refractivity contribution in [3.8, 4) is 0 Å². The third kappa shape index (κ3) is 7.00. The van der Waals surface area contributed by atoms with Gasteiger partial charge in [-0.25, -0.2) is 14.2 Å². The standard InChI is InChI=1S/C25H31FN8O2/c1-16(17-5-7-18(26)8-6-17)29-23-32-20(31-21-14-27-10-11-28-21)13-22(33-23)34-12-9-19(15-34)30-24(35)36-25(2,3)4/h5-8,10-11,13-14,16,19H,9,12,15H2,1-4H3,(H,30,35)(H2,28,29,31,32,33)/t16-,19?/m0/s1. The van der Waals surface area contributed by atoms with Crippen molar-refractivity contribution in [1.82, 2.24) is 25.3 Å². The number of rotatable bonds is 7. The number of anilines is 4. The van der Waals surface area contributed by atoms with E-state index in [1.54, 1.807) is 30.7 Å². The van der Waals surface area contributed by atoms with E-state index in [1.807, 2.05) is 33.8 Å². The van der Waals surface area contributed by atoms with Crippen LogP contribution in [0.2, 0.25) is 0 Å². The molecule has 10 nitrogen and oxygen atoms in total. The summed E-state index contributed by atoms with van der Waals surface area (Å²) in [6.45, 7) is 8.74. The van der Waals surface area contributed by atoms with Crippen LogP contribution in [0.25, 0.3) is 0 Å². The molecule has 0 aliphatic carbocycles. The molecule has 0 spiro atoms. The number of ether oxygens (including phenoxy) is 1. The van der Waals surface area contributed by atoms with Crippen LogP contribution < -0.4 is 20.9 Å². The largest absolute Gasteiger partial charge is 0.444 e. The summed E-state index contributed by atoms with van der Waals surface area (Å²) in [5.74, 6) is 1.89. The maximum absolute atomic E-state index is 13.4. The number of alkyl carbamates (subject to hydrolysis) is 1. The summed E-state index contributed by atoms with van der Waals surface area (Å²) in [6.07, 6.45) is 5.11. The molecule has 3 heterocycles. The molecule has 1 aromatic carbocycles. The third-order valence-electron chi connectivity index (χ3n) is 5.48. The van der Waals surface area contributed by atoms with Gasteiger partial charge in [-0.15, -0.1) is 0 Å². The van der Waals surface area contributed by atoms with Crippen LogP contribution in [0, 0.1) is 5.82 Å². The lowest BCUT2D eigenvalue weighted by atomic mass is 10.1. The molecule has 3 aromatic rings. The number of benzene rings is 1. The predicted molar refractivity (Wildman–Crippen MR) is 136 cm³/mol. The molecule has 2 aromatic heterocycles. The molecule has 0 bridgehead atoms. The average Bonchev–Trinajstić information content (AvgIpc) is 3.27. The molecule has 3 N–H and O–H groups in total. The van der Waals surface area contributed by atoms with Gasteiger partial charge in [-0.1, -0.05) is 12.1 Å². The van der Waals surface area contributed by atoms with Gasteiger partial charge in [-0.2, -0.15) is 9.97 Å². The first kappa shape index (κ1) is 25.1. The van der Waals surface area contributed by atoms with Gasteiger partial charge in [0.2, 0.25) is 5.95 Å². The number of amides is 1. The number of halogens is 1. The van der Waals surface area contributed by atoms with Crippen molar-refractivity contribution in [2.75, 3.05) is 28.6 Å². The SMILES string of the molecule is C[C@H](Nc1nc(Nc2cnccn2)cc(N2CCC(NC(=O)OC(C)(C)C)C2)n1)c1ccc(F)cc1. The quantitative estimate of drug-likeness (QED) is 0.438. The van der Waals surface area contributed by atoms with Crippen LogP contribution >= 0.6 is 0 Å². The molecule has 1 unspecified atom stereocenters. The van der Waals surface area contributed by atoms with Crippen molar-refractivity contribution >= 4 is 29.5 Å². The highest BCUT2D eigenvalue weighted by molar-refractivity contribution is 5.68. The molecular weight excluding hydrogens is 463 g/mol. The smallest absolute Gasteiger partial charge is 0.407 e. The Hall–Kier alpha value is -4.02. The van der Waals surface area contributed by atoms with Crippen LogP contribution in [0.4, 0.5) is 32.6 Å². The molecule has 190 valence electrons. The Kier molecular flexibility index (Phi) is 7.47. The molecule has 2 atom stereocenters. The van der Waals surface area contributed by atoms with Crippen LogP contribution in [0.5, 0.6) is 0 Å². The topological polar surface area (TPSA) is 117 Å². The zero-order chi connectivity index (χ0) is 25.7. The zero-order valence-corrected chi connectivity index (χ0v) is 20.8. The maximum Gasteiger partial charge on any atom is 0.407 e. The van der Waals surface area contributed by atoms with E-state index in [2.05, 4.69) is 35.8 Å². The molecule has 11 heteroatoms. The molecular formula is C25H31FN8O2. The zero-order valence-electron chi connectivity index (χ0n) is 20.8. The molecule has 1 amide bonds. The van der Waals surface area contributed by atoms with Gasteiger partial charge in [-0.3, -0.25) is 4.98 Å². The van der Waals surface area contributed by atoms with Gasteiger partial charge >= 0.3 is 6.09 Å². The predicted octanol–water partition coefficient (Wildman–Crippen LogP) is 4.43. The fourth-order valence-corrected chi connectivity index (χ4v) is 3.81. The molecule has 1 aliphatic rings. The van der Waals surface area contributed by atoms with Crippen LogP contribution in [-0.2, 0) is 4.74 Å². The van der Waals surface area contributed by atoms with E-state index in [9.17, 15) is 9.18 Å². The van der Waals surface area contributed by atoms with Crippen LogP contribution in [0.3, 0.4) is 0 Å². The van der Waals surface area contributed by atoms with E-state index >= 15 is 0 Å². The number of carbonyl (C=O) groups excluding carboxylic acids is 1. The van der Waals surface area contributed by atoms with Crippen molar-refractivity contribution < 1.29 is 13.9 Å². The van der Waals surface area contributed by atoms with Gasteiger partial charge in [0.1, 0.15) is 28.9 Å². The summed E-state index contributed by atoms with van der Waals surface area (Å²) in [7, 11) is 0. The Morgan fingerprint density at radius 2 is 1.94 bits per heavy atom. The fraction of sp³-hybridized carbons (Fsp3) is 0.400. The molecule has 1 aliphatic heterocycles. The number of hydrogen-bond acceptors (Lipinski definition) is 9. The first-order valence-corrected chi connectivity index (χ1v) is 11.8. The molecule has 1 saturated heterocycles. The third-order valence-corrected chi connectivity index (χ3v) is 5.48. The Balaban J connectivity index is 1.52. The number of carbonyl (C=O) groups is 1. The van der Waals surface area contributed by atoms with E-state index in [0.29, 0.717) is 36.5 Å². The Morgan fingerprint density at radius 1 is 1.17 bits per heavy atom. The minimum Gasteiger partial charge on any atom is -0.444 e. The van der Waals surface area contributed by atoms with Gasteiger partial charge in [0.25, 0.3) is 0 Å². The molecule has 0 radical (unpaired) electrons. The highest BCUT2D eigenvalue weighted by Crippen LogP contribution is 2.26. The Labute approximate surface area is 209 Å². The summed E-state index contributed by atoms with van der Waals surface area (Å²) >= 11 is 0. The van der Waals surface area contributed by atoms with Gasteiger partial charge in [-0.05, 0) is 51.8 Å². The normalized spacial score (nSPS) is 16.4. The molecule has 36 heavy (non-hydrogen) atoms. The lowest BCUT2D eigenvalue weighted by molar-refractivity contribution is 0.0509. The Morgan fingerprint density at radius 3 is 2.64 bits per heavy atom. The minimum atomic E-state index is -0.558. The first-order chi connectivity index (χ1) is 17.1. The Bertz CT molecular complexity index is 1170. The van der Waals surface area contributed by atoms with Gasteiger partial charge in [0, 0.05) is 31.5 Å². The summed E-state index contributed by atoms with van der Waals surface area (Å²) < 4.78 is 18.7. The highest BCUT2D eigenvalue weighted by atomic mass is 19.1. The lowest BCUT2D eigenvalue weighted by Crippen LogP contribution is -2.40. The number of nitrogens with one attached hydrogen (secondary N) is 3. The van der Waals surface area contributed by atoms with Crippen molar-refractivity contribution in [3.63, 3.8) is 0 Å². The summed E-state index contributed by atoms with van der Waals surface area (Å²) in [4.78, 5) is 32.0. The van der Waals surface area contributed by atoms with E-state index in [4.69, 9.17) is 9.72 Å². The summed E-state index contributed by atoms with van der Waals surface area (Å²) in [5, 5.41) is 9.40. The van der Waals surface area contributed by atoms with Gasteiger partial charge in [0.05, 0.1) is 18.3 Å². The van der Waals surface area contributed by atoms with Crippen molar-refractivity contribution in [3.05, 3.63) is 60.3 Å². The van der Waals surface area contributed by atoms with Crippen LogP contribution in [0.1, 0.15) is 45.7 Å². The maximum atomic E-state index is 13.4. The monoisotopic (exact) mass is 494 g/mol. The van der Waals surface area contributed by atoms with E-state index in [-0.39, 0.29) is 17.9 Å². The van der Waals surface area contributed by atoms with E-state index in [0.717, 1.165) is 12.0 Å².